The Labute approximate surface area is 201 Å². The van der Waals surface area contributed by atoms with Crippen LogP contribution in [0.3, 0.4) is 0 Å². The Bertz CT molecular complexity index is 1200. The molecule has 2 amide bonds. The third-order valence-corrected chi connectivity index (χ3v) is 6.97. The van der Waals surface area contributed by atoms with Crippen LogP contribution in [0.15, 0.2) is 65.6 Å². The van der Waals surface area contributed by atoms with E-state index in [0.29, 0.717) is 33.6 Å². The first-order valence-corrected chi connectivity index (χ1v) is 11.9. The Morgan fingerprint density at radius 3 is 2.21 bits per heavy atom. The fourth-order valence-electron chi connectivity index (χ4n) is 3.89. The zero-order valence-corrected chi connectivity index (χ0v) is 19.9. The number of benzene rings is 1. The van der Waals surface area contributed by atoms with Gasteiger partial charge in [-0.05, 0) is 56.3 Å². The minimum Gasteiger partial charge on any atom is -0.346 e. The van der Waals surface area contributed by atoms with Gasteiger partial charge in [-0.15, -0.1) is 11.3 Å². The van der Waals surface area contributed by atoms with Crippen LogP contribution >= 0.6 is 22.9 Å². The molecule has 1 fully saturated rings. The monoisotopic (exact) mass is 484 g/mol. The van der Waals surface area contributed by atoms with Gasteiger partial charge in [-0.2, -0.15) is 0 Å². The van der Waals surface area contributed by atoms with Crippen LogP contribution in [0.1, 0.15) is 33.9 Å². The predicted molar refractivity (Wildman–Crippen MR) is 131 cm³/mol. The Morgan fingerprint density at radius 1 is 0.970 bits per heavy atom. The second-order valence-electron chi connectivity index (χ2n) is 8.27. The Hall–Kier alpha value is -2.94. The van der Waals surface area contributed by atoms with Crippen molar-refractivity contribution >= 4 is 34.8 Å². The van der Waals surface area contributed by atoms with Gasteiger partial charge in [0.15, 0.2) is 0 Å². The Morgan fingerprint density at radius 2 is 1.64 bits per heavy atom. The Balaban J connectivity index is 1.46. The molecule has 1 saturated heterocycles. The maximum absolute atomic E-state index is 13.0. The van der Waals surface area contributed by atoms with Crippen LogP contribution in [0.4, 0.5) is 0 Å². The van der Waals surface area contributed by atoms with Crippen molar-refractivity contribution in [1.29, 1.82) is 0 Å². The normalized spacial score (nSPS) is 18.4. The molecule has 1 aliphatic heterocycles. The maximum atomic E-state index is 13.0. The molecule has 9 heteroatoms. The lowest BCUT2D eigenvalue weighted by molar-refractivity contribution is 0.0898. The fraction of sp³-hybridized carbons (Fsp3) is 0.292. The van der Waals surface area contributed by atoms with E-state index < -0.39 is 0 Å². The lowest BCUT2D eigenvalue weighted by Gasteiger charge is -2.21. The molecule has 2 atom stereocenters. The third-order valence-electron chi connectivity index (χ3n) is 5.74. The SMILES string of the molecule is CC(C)N1C[C@H](NC(=O)c2ccc(-n3ccccc3=O)cc2)[C@H](NC(=O)c2ccc(Cl)s2)C1. The molecule has 0 spiro atoms. The number of aromatic nitrogens is 1. The number of hydrogen-bond acceptors (Lipinski definition) is 5. The van der Waals surface area contributed by atoms with Gasteiger partial charge in [0.05, 0.1) is 21.3 Å². The standard InChI is InChI=1S/C24H25ClN4O3S/c1-15(2)28-13-18(19(14-28)27-24(32)20-10-11-21(25)33-20)26-23(31)16-6-8-17(9-7-16)29-12-4-3-5-22(29)30/h3-12,15,18-19H,13-14H2,1-2H3,(H,26,31)(H,27,32)/t18-,19+/m0/s1. The van der Waals surface area contributed by atoms with Gasteiger partial charge in [-0.25, -0.2) is 0 Å². The summed E-state index contributed by atoms with van der Waals surface area (Å²) in [6, 6.07) is 15.0. The zero-order valence-electron chi connectivity index (χ0n) is 18.3. The number of pyridine rings is 1. The van der Waals surface area contributed by atoms with Crippen LogP contribution in [-0.2, 0) is 0 Å². The molecule has 3 heterocycles. The molecule has 0 unspecified atom stereocenters. The van der Waals surface area contributed by atoms with E-state index in [0.717, 1.165) is 0 Å². The van der Waals surface area contributed by atoms with Crippen molar-refractivity contribution in [2.75, 3.05) is 13.1 Å². The number of likely N-dealkylation sites (tertiary alicyclic amines) is 1. The van der Waals surface area contributed by atoms with Crippen LogP contribution in [0, 0.1) is 0 Å². The van der Waals surface area contributed by atoms with Crippen LogP contribution in [0.2, 0.25) is 4.34 Å². The smallest absolute Gasteiger partial charge is 0.261 e. The first-order chi connectivity index (χ1) is 15.8. The predicted octanol–water partition coefficient (Wildman–Crippen LogP) is 3.17. The molecule has 0 radical (unpaired) electrons. The van der Waals surface area contributed by atoms with E-state index in [2.05, 4.69) is 29.4 Å². The van der Waals surface area contributed by atoms with Crippen molar-refractivity contribution < 1.29 is 9.59 Å². The van der Waals surface area contributed by atoms with Crippen molar-refractivity contribution in [3.05, 3.63) is 85.9 Å². The average Bonchev–Trinajstić information content (AvgIpc) is 3.41. The number of hydrogen-bond donors (Lipinski definition) is 2. The summed E-state index contributed by atoms with van der Waals surface area (Å²) in [6.07, 6.45) is 1.69. The van der Waals surface area contributed by atoms with Crippen LogP contribution in [0.5, 0.6) is 0 Å². The van der Waals surface area contributed by atoms with E-state index in [-0.39, 0.29) is 35.5 Å². The quantitative estimate of drug-likeness (QED) is 0.563. The van der Waals surface area contributed by atoms with Gasteiger partial charge in [0, 0.05) is 42.6 Å². The molecular formula is C24H25ClN4O3S. The van der Waals surface area contributed by atoms with E-state index >= 15 is 0 Å². The molecule has 1 aromatic carbocycles. The van der Waals surface area contributed by atoms with Gasteiger partial charge in [-0.3, -0.25) is 23.9 Å². The van der Waals surface area contributed by atoms with Gasteiger partial charge in [-0.1, -0.05) is 17.7 Å². The molecule has 1 aliphatic rings. The number of carbonyl (C=O) groups is 2. The number of rotatable bonds is 6. The second kappa shape index (κ2) is 9.91. The molecule has 0 bridgehead atoms. The van der Waals surface area contributed by atoms with Gasteiger partial charge < -0.3 is 10.6 Å². The van der Waals surface area contributed by atoms with E-state index in [4.69, 9.17) is 11.6 Å². The third kappa shape index (κ3) is 5.35. The largest absolute Gasteiger partial charge is 0.346 e. The first kappa shape index (κ1) is 23.2. The molecule has 172 valence electrons. The summed E-state index contributed by atoms with van der Waals surface area (Å²) in [5, 5.41) is 6.13. The molecule has 33 heavy (non-hydrogen) atoms. The van der Waals surface area contributed by atoms with Crippen molar-refractivity contribution in [2.45, 2.75) is 32.0 Å². The summed E-state index contributed by atoms with van der Waals surface area (Å²) >= 11 is 7.19. The number of nitrogens with one attached hydrogen (secondary N) is 2. The van der Waals surface area contributed by atoms with Crippen molar-refractivity contribution in [2.24, 2.45) is 0 Å². The number of thiophene rings is 1. The molecule has 4 rings (SSSR count). The number of amides is 2. The van der Waals surface area contributed by atoms with Crippen LogP contribution in [0.25, 0.3) is 5.69 Å². The van der Waals surface area contributed by atoms with Crippen molar-refractivity contribution in [3.63, 3.8) is 0 Å². The van der Waals surface area contributed by atoms with Crippen LogP contribution < -0.4 is 16.2 Å². The van der Waals surface area contributed by atoms with E-state index in [9.17, 15) is 14.4 Å². The van der Waals surface area contributed by atoms with Gasteiger partial charge in [0.25, 0.3) is 17.4 Å². The first-order valence-electron chi connectivity index (χ1n) is 10.7. The molecular weight excluding hydrogens is 460 g/mol. The number of nitrogens with zero attached hydrogens (tertiary/aromatic N) is 2. The molecule has 7 nitrogen and oxygen atoms in total. The molecule has 3 aromatic rings. The fourth-order valence-corrected chi connectivity index (χ4v) is 4.84. The van der Waals surface area contributed by atoms with E-state index in [1.165, 1.54) is 22.0 Å². The van der Waals surface area contributed by atoms with E-state index in [1.54, 1.807) is 54.7 Å². The molecule has 0 saturated carbocycles. The van der Waals surface area contributed by atoms with Gasteiger partial charge >= 0.3 is 0 Å². The van der Waals surface area contributed by atoms with E-state index in [1.807, 2.05) is 0 Å². The highest BCUT2D eigenvalue weighted by Crippen LogP contribution is 2.22. The van der Waals surface area contributed by atoms with Gasteiger partial charge in [0.1, 0.15) is 0 Å². The van der Waals surface area contributed by atoms with Crippen LogP contribution in [-0.4, -0.2) is 52.5 Å². The summed E-state index contributed by atoms with van der Waals surface area (Å²) < 4.78 is 2.07. The summed E-state index contributed by atoms with van der Waals surface area (Å²) in [5.74, 6) is -0.421. The molecule has 2 aromatic heterocycles. The second-order valence-corrected chi connectivity index (χ2v) is 9.98. The van der Waals surface area contributed by atoms with Gasteiger partial charge in [0.2, 0.25) is 0 Å². The minimum absolute atomic E-state index is 0.139. The summed E-state index contributed by atoms with van der Waals surface area (Å²) in [5.41, 5.74) is 1.03. The zero-order chi connectivity index (χ0) is 23.5. The average molecular weight is 485 g/mol. The lowest BCUT2D eigenvalue weighted by atomic mass is 10.1. The lowest BCUT2D eigenvalue weighted by Crippen LogP contribution is -2.50. The highest BCUT2D eigenvalue weighted by atomic mass is 35.5. The summed E-state index contributed by atoms with van der Waals surface area (Å²) in [7, 11) is 0. The number of halogens is 1. The van der Waals surface area contributed by atoms with Crippen molar-refractivity contribution in [3.8, 4) is 5.69 Å². The Kier molecular flexibility index (Phi) is 6.97. The minimum atomic E-state index is -0.240. The molecule has 2 N–H and O–H groups in total. The van der Waals surface area contributed by atoms with Crippen molar-refractivity contribution in [1.82, 2.24) is 20.1 Å². The highest BCUT2D eigenvalue weighted by molar-refractivity contribution is 7.18. The topological polar surface area (TPSA) is 83.4 Å². The number of carbonyl (C=O) groups excluding carboxylic acids is 2. The summed E-state index contributed by atoms with van der Waals surface area (Å²) in [4.78, 5) is 40.4. The summed E-state index contributed by atoms with van der Waals surface area (Å²) in [6.45, 7) is 5.46. The maximum Gasteiger partial charge on any atom is 0.261 e. The molecule has 0 aliphatic carbocycles. The highest BCUT2D eigenvalue weighted by Gasteiger charge is 2.36.